The van der Waals surface area contributed by atoms with Crippen LogP contribution in [0.4, 0.5) is 17.5 Å². The Labute approximate surface area is 162 Å². The second-order valence-corrected chi connectivity index (χ2v) is 5.03. The van der Waals surface area contributed by atoms with E-state index in [1.807, 2.05) is 58.0 Å². The Morgan fingerprint density at radius 2 is 1.88 bits per heavy atom. The maximum atomic E-state index is 5.59. The number of anilines is 3. The first kappa shape index (κ1) is 23.4. The molecule has 2 rings (SSSR count). The Morgan fingerprint density at radius 3 is 2.38 bits per heavy atom. The molecule has 0 aliphatic rings. The van der Waals surface area contributed by atoms with Gasteiger partial charge in [0.2, 0.25) is 5.95 Å². The quantitative estimate of drug-likeness (QED) is 0.376. The van der Waals surface area contributed by atoms with Gasteiger partial charge in [0.1, 0.15) is 5.82 Å². The molecule has 0 atom stereocenters. The highest BCUT2D eigenvalue weighted by molar-refractivity contribution is 7.79. The van der Waals surface area contributed by atoms with Gasteiger partial charge in [-0.15, -0.1) is 0 Å². The average Bonchev–Trinajstić information content (AvgIpc) is 2.64. The van der Waals surface area contributed by atoms with Gasteiger partial charge in [0, 0.05) is 35.6 Å². The fourth-order valence-corrected chi connectivity index (χ4v) is 1.90. The van der Waals surface area contributed by atoms with Crippen LogP contribution in [0.25, 0.3) is 0 Å². The SMILES string of the molecule is C=C/C=C\N=CC.CC.Cc1cc(Nc2ccc(CS)cc2)nc(N)n1. The fraction of sp³-hybridized carbons (Fsp3) is 0.250. The zero-order valence-electron chi connectivity index (χ0n) is 16.0. The fourth-order valence-electron chi connectivity index (χ4n) is 1.69. The molecule has 2 aromatic rings. The van der Waals surface area contributed by atoms with E-state index >= 15 is 0 Å². The number of benzene rings is 1. The minimum Gasteiger partial charge on any atom is -0.368 e. The molecule has 0 fully saturated rings. The van der Waals surface area contributed by atoms with E-state index in [0.717, 1.165) is 17.1 Å². The molecular weight excluding hydrogens is 342 g/mol. The van der Waals surface area contributed by atoms with Gasteiger partial charge >= 0.3 is 0 Å². The third-order valence-electron chi connectivity index (χ3n) is 2.74. The minimum absolute atomic E-state index is 0.277. The molecule has 0 aliphatic carbocycles. The molecule has 26 heavy (non-hydrogen) atoms. The number of nitrogen functional groups attached to an aromatic ring is 1. The van der Waals surface area contributed by atoms with Crippen LogP contribution in [-0.2, 0) is 5.75 Å². The monoisotopic (exact) mass is 371 g/mol. The van der Waals surface area contributed by atoms with E-state index in [2.05, 4.69) is 39.5 Å². The van der Waals surface area contributed by atoms with E-state index in [0.29, 0.717) is 5.82 Å². The van der Waals surface area contributed by atoms with E-state index in [4.69, 9.17) is 5.73 Å². The van der Waals surface area contributed by atoms with Crippen molar-refractivity contribution in [3.05, 3.63) is 66.5 Å². The van der Waals surface area contributed by atoms with Gasteiger partial charge < -0.3 is 11.1 Å². The first-order chi connectivity index (χ1) is 12.6. The van der Waals surface area contributed by atoms with Crippen LogP contribution >= 0.6 is 12.6 Å². The van der Waals surface area contributed by atoms with Crippen LogP contribution in [0.3, 0.4) is 0 Å². The van der Waals surface area contributed by atoms with Crippen LogP contribution < -0.4 is 11.1 Å². The first-order valence-corrected chi connectivity index (χ1v) is 9.05. The predicted octanol–water partition coefficient (Wildman–Crippen LogP) is 5.34. The van der Waals surface area contributed by atoms with E-state index < -0.39 is 0 Å². The van der Waals surface area contributed by atoms with Crippen molar-refractivity contribution in [1.29, 1.82) is 0 Å². The summed E-state index contributed by atoms with van der Waals surface area (Å²) < 4.78 is 0. The number of nitrogens with one attached hydrogen (secondary N) is 1. The topological polar surface area (TPSA) is 76.2 Å². The molecule has 0 amide bonds. The molecule has 1 aromatic heterocycles. The van der Waals surface area contributed by atoms with Gasteiger partial charge in [0.25, 0.3) is 0 Å². The van der Waals surface area contributed by atoms with Crippen LogP contribution in [0, 0.1) is 6.92 Å². The molecule has 5 nitrogen and oxygen atoms in total. The molecule has 0 spiro atoms. The summed E-state index contributed by atoms with van der Waals surface area (Å²) in [5.74, 6) is 1.72. The number of hydrogen-bond acceptors (Lipinski definition) is 6. The molecule has 0 saturated heterocycles. The number of aliphatic imine (C=N–C) groups is 1. The molecule has 0 saturated carbocycles. The van der Waals surface area contributed by atoms with Gasteiger partial charge in [-0.05, 0) is 37.6 Å². The lowest BCUT2D eigenvalue weighted by Gasteiger charge is -2.07. The molecule has 0 unspecified atom stereocenters. The van der Waals surface area contributed by atoms with Crippen LogP contribution in [0.2, 0.25) is 0 Å². The summed E-state index contributed by atoms with van der Waals surface area (Å²) in [6.45, 7) is 11.2. The van der Waals surface area contributed by atoms with Gasteiger partial charge in [0.05, 0.1) is 0 Å². The number of aromatic nitrogens is 2. The summed E-state index contributed by atoms with van der Waals surface area (Å²) in [5.41, 5.74) is 8.57. The van der Waals surface area contributed by atoms with Crippen LogP contribution in [0.15, 0.2) is 60.3 Å². The summed E-state index contributed by atoms with van der Waals surface area (Å²) in [6.07, 6.45) is 6.88. The Balaban J connectivity index is 0.000000589. The normalized spacial score (nSPS) is 9.88. The van der Waals surface area contributed by atoms with Gasteiger partial charge in [-0.1, -0.05) is 38.6 Å². The minimum atomic E-state index is 0.277. The Morgan fingerprint density at radius 1 is 1.23 bits per heavy atom. The van der Waals surface area contributed by atoms with Crippen molar-refractivity contribution in [2.45, 2.75) is 33.4 Å². The van der Waals surface area contributed by atoms with E-state index in [1.165, 1.54) is 5.56 Å². The number of aryl methyl sites for hydroxylation is 1. The summed E-state index contributed by atoms with van der Waals surface area (Å²) in [6, 6.07) is 9.86. The molecular formula is C20H29N5S. The molecule has 0 bridgehead atoms. The summed E-state index contributed by atoms with van der Waals surface area (Å²) in [5, 5.41) is 3.18. The molecule has 1 heterocycles. The predicted molar refractivity (Wildman–Crippen MR) is 118 cm³/mol. The third-order valence-corrected chi connectivity index (χ3v) is 3.10. The van der Waals surface area contributed by atoms with Crippen molar-refractivity contribution < 1.29 is 0 Å². The zero-order chi connectivity index (χ0) is 19.8. The highest BCUT2D eigenvalue weighted by Gasteiger charge is 2.00. The molecule has 6 heteroatoms. The second kappa shape index (κ2) is 14.7. The maximum absolute atomic E-state index is 5.59. The van der Waals surface area contributed by atoms with Gasteiger partial charge in [-0.25, -0.2) is 4.98 Å². The van der Waals surface area contributed by atoms with Crippen molar-refractivity contribution in [2.75, 3.05) is 11.1 Å². The van der Waals surface area contributed by atoms with Crippen molar-refractivity contribution in [3.63, 3.8) is 0 Å². The molecule has 3 N–H and O–H groups in total. The second-order valence-electron chi connectivity index (χ2n) is 4.72. The Bertz CT molecular complexity index is 674. The highest BCUT2D eigenvalue weighted by Crippen LogP contribution is 2.17. The summed E-state index contributed by atoms with van der Waals surface area (Å²) in [4.78, 5) is 11.9. The van der Waals surface area contributed by atoms with Crippen molar-refractivity contribution in [1.82, 2.24) is 9.97 Å². The van der Waals surface area contributed by atoms with Crippen LogP contribution in [0.1, 0.15) is 32.0 Å². The van der Waals surface area contributed by atoms with Crippen molar-refractivity contribution in [3.8, 4) is 0 Å². The first-order valence-electron chi connectivity index (χ1n) is 8.42. The van der Waals surface area contributed by atoms with E-state index in [-0.39, 0.29) is 5.95 Å². The molecule has 1 aromatic carbocycles. The number of thiol groups is 1. The number of allylic oxidation sites excluding steroid dienone is 2. The number of hydrogen-bond donors (Lipinski definition) is 3. The molecule has 140 valence electrons. The zero-order valence-corrected chi connectivity index (χ0v) is 16.9. The van der Waals surface area contributed by atoms with Crippen LogP contribution in [0.5, 0.6) is 0 Å². The Hall–Kier alpha value is -2.60. The van der Waals surface area contributed by atoms with Crippen molar-refractivity contribution in [2.24, 2.45) is 4.99 Å². The summed E-state index contributed by atoms with van der Waals surface area (Å²) in [7, 11) is 0. The van der Waals surface area contributed by atoms with Crippen molar-refractivity contribution >= 4 is 36.3 Å². The lowest BCUT2D eigenvalue weighted by molar-refractivity contribution is 1.12. The lowest BCUT2D eigenvalue weighted by Crippen LogP contribution is -2.01. The Kier molecular flexibility index (Phi) is 13.2. The molecule has 0 radical (unpaired) electrons. The lowest BCUT2D eigenvalue weighted by atomic mass is 10.2. The van der Waals surface area contributed by atoms with Gasteiger partial charge in [-0.3, -0.25) is 4.99 Å². The maximum Gasteiger partial charge on any atom is 0.222 e. The largest absolute Gasteiger partial charge is 0.368 e. The van der Waals surface area contributed by atoms with E-state index in [1.54, 1.807) is 24.6 Å². The van der Waals surface area contributed by atoms with Crippen LogP contribution in [-0.4, -0.2) is 16.2 Å². The smallest absolute Gasteiger partial charge is 0.222 e. The molecule has 0 aliphatic heterocycles. The summed E-state index contributed by atoms with van der Waals surface area (Å²) >= 11 is 4.21. The number of nitrogens with two attached hydrogens (primary N) is 1. The number of nitrogens with zero attached hydrogens (tertiary/aromatic N) is 3. The number of rotatable bonds is 5. The van der Waals surface area contributed by atoms with E-state index in [9.17, 15) is 0 Å². The average molecular weight is 372 g/mol. The van der Waals surface area contributed by atoms with Gasteiger partial charge in [-0.2, -0.15) is 17.6 Å². The standard InChI is InChI=1S/C12H14N4S.C6H9N.C2H6/c1-8-6-11(16-12(13)14-8)15-10-4-2-9(7-17)3-5-10;1-3-5-6-7-4-2;1-2/h2-6,17H,7H2,1H3,(H3,13,14,15,16);3-6H,1H2,2H3;1-2H3/b;6-5-,7-4?;. The third kappa shape index (κ3) is 10.3. The highest BCUT2D eigenvalue weighted by atomic mass is 32.1. The van der Waals surface area contributed by atoms with Gasteiger partial charge in [0.15, 0.2) is 0 Å².